The van der Waals surface area contributed by atoms with Gasteiger partial charge in [0.1, 0.15) is 23.5 Å². The Labute approximate surface area is 461 Å². The third kappa shape index (κ3) is 13.3. The summed E-state index contributed by atoms with van der Waals surface area (Å²) >= 11 is 1.56. The minimum absolute atomic E-state index is 0.0184. The number of hydrogen-bond acceptors (Lipinski definition) is 18. The predicted molar refractivity (Wildman–Crippen MR) is 294 cm³/mol. The molecule has 3 aromatic heterocycles. The molecule has 6 aromatic rings. The number of β-amino-alcohol motifs (C(OH)–C–C–N with tert-alkyl or cyclic N) is 1. The molecule has 4 atom stereocenters. The minimum atomic E-state index is -0.990. The summed E-state index contributed by atoms with van der Waals surface area (Å²) in [5, 5.41) is 42.2. The average molecular weight is 1100 g/mol. The molecule has 79 heavy (non-hydrogen) atoms. The van der Waals surface area contributed by atoms with Gasteiger partial charge in [0.15, 0.2) is 0 Å². The number of rotatable bonds is 20. The summed E-state index contributed by atoms with van der Waals surface area (Å²) in [5.41, 5.74) is 6.25. The van der Waals surface area contributed by atoms with Gasteiger partial charge in [-0.25, -0.2) is 14.8 Å². The predicted octanol–water partition coefficient (Wildman–Crippen LogP) is 6.57. The molecular weight excluding hydrogens is 1030 g/mol. The van der Waals surface area contributed by atoms with Gasteiger partial charge >= 0.3 is 5.97 Å². The van der Waals surface area contributed by atoms with Crippen LogP contribution in [0.15, 0.2) is 88.9 Å². The van der Waals surface area contributed by atoms with E-state index in [0.717, 1.165) is 32.8 Å². The van der Waals surface area contributed by atoms with Crippen molar-refractivity contribution in [3.8, 4) is 21.9 Å². The van der Waals surface area contributed by atoms with Crippen LogP contribution in [0.5, 0.6) is 0 Å². The number of nitrogens with zero attached hydrogens (tertiary/aromatic N) is 7. The van der Waals surface area contributed by atoms with Gasteiger partial charge in [0.05, 0.1) is 65.6 Å². The Bertz CT molecular complexity index is 3150. The molecule has 0 radical (unpaired) electrons. The zero-order valence-corrected chi connectivity index (χ0v) is 46.0. The van der Waals surface area contributed by atoms with Gasteiger partial charge in [-0.1, -0.05) is 75.4 Å². The number of aryl methyl sites for hydroxylation is 1. The number of hydrogen-bond donors (Lipinski definition) is 6. The first-order valence-electron chi connectivity index (χ1n) is 26.5. The van der Waals surface area contributed by atoms with Crippen molar-refractivity contribution in [2.45, 2.75) is 116 Å². The highest BCUT2D eigenvalue weighted by Gasteiger charge is 2.45. The van der Waals surface area contributed by atoms with Gasteiger partial charge in [-0.3, -0.25) is 19.2 Å². The molecule has 3 aliphatic heterocycles. The molecule has 6 N–H and O–H groups in total. The molecular formula is C57H67N11O10S. The zero-order valence-electron chi connectivity index (χ0n) is 45.2. The molecule has 22 heteroatoms. The highest BCUT2D eigenvalue weighted by atomic mass is 32.1. The van der Waals surface area contributed by atoms with E-state index < -0.39 is 53.0 Å². The first-order chi connectivity index (χ1) is 37.8. The maximum atomic E-state index is 14.1. The second-order valence-electron chi connectivity index (χ2n) is 21.7. The van der Waals surface area contributed by atoms with Crippen molar-refractivity contribution in [2.75, 3.05) is 50.1 Å². The number of piperidine rings is 1. The molecule has 6 heterocycles. The van der Waals surface area contributed by atoms with Gasteiger partial charge in [-0.2, -0.15) is 4.98 Å². The lowest BCUT2D eigenvalue weighted by atomic mass is 9.85. The SMILES string of the molecule is Cc1ncsc1-c1ccc(CNC(=O)[C@@H]2C[C@@H](O)CN2C(=O)[C@@H](NC(=O)CCOCCC(=O)N2CCC(c3nnc(-c4cnc(Nc5ccc6c(c5)C(C)(C)OC6=O)nc4N[C@H](CO)c4ccccc4)o3)CC2)C(C)(C)C)cc1. The molecule has 3 aromatic carbocycles. The number of aliphatic hydroxyl groups excluding tert-OH is 2. The first kappa shape index (κ1) is 56.1. The number of thiazole rings is 1. The lowest BCUT2D eigenvalue weighted by Gasteiger charge is -2.35. The Hall–Kier alpha value is -7.66. The van der Waals surface area contributed by atoms with Crippen LogP contribution >= 0.6 is 11.3 Å². The number of cyclic esters (lactones) is 1. The number of esters is 1. The Morgan fingerprint density at radius 1 is 0.949 bits per heavy atom. The number of aliphatic hydroxyl groups is 2. The van der Waals surface area contributed by atoms with Crippen molar-refractivity contribution in [1.82, 2.24) is 45.6 Å². The van der Waals surface area contributed by atoms with Gasteiger partial charge < -0.3 is 55.2 Å². The standard InChI is InChI=1S/C57H67N11O10S/c1-33-47(79-32-60-33)36-14-12-34(13-15-36)28-58-50(73)44-27-39(70)30-68(44)53(74)48(56(2,3)4)63-45(71)20-24-76-25-21-46(72)67-22-18-37(19-23-67)51-65-66-52(77-51)41-29-59-55(64-49(41)62-43(31-69)35-10-8-7-9-11-35)61-38-16-17-40-42(26-38)57(5,6)78-54(40)75/h7-17,26,29,32,37,39,43-44,48,69-70H,18-25,27-28,30-31H2,1-6H3,(H,58,73)(H,63,71)(H2,59,61,62,64)/t39-,43-,44+,48-/m1/s1. The maximum absolute atomic E-state index is 14.1. The Morgan fingerprint density at radius 2 is 1.70 bits per heavy atom. The van der Waals surface area contributed by atoms with Crippen LogP contribution in [0.1, 0.15) is 117 Å². The number of benzene rings is 3. The number of likely N-dealkylation sites (tertiary alicyclic amines) is 2. The lowest BCUT2D eigenvalue weighted by Crippen LogP contribution is -2.57. The summed E-state index contributed by atoms with van der Waals surface area (Å²) in [7, 11) is 0. The number of fused-ring (bicyclic) bond motifs is 1. The van der Waals surface area contributed by atoms with Crippen LogP contribution in [0.4, 0.5) is 17.5 Å². The molecule has 3 aliphatic rings. The third-order valence-electron chi connectivity index (χ3n) is 14.5. The molecule has 0 spiro atoms. The van der Waals surface area contributed by atoms with Crippen LogP contribution in [-0.4, -0.2) is 132 Å². The van der Waals surface area contributed by atoms with Crippen molar-refractivity contribution in [3.05, 3.63) is 118 Å². The van der Waals surface area contributed by atoms with E-state index in [-0.39, 0.29) is 81.8 Å². The topological polar surface area (TPSA) is 276 Å². The van der Waals surface area contributed by atoms with Crippen LogP contribution in [0.3, 0.4) is 0 Å². The zero-order chi connectivity index (χ0) is 56.0. The van der Waals surface area contributed by atoms with E-state index in [0.29, 0.717) is 54.5 Å². The molecule has 416 valence electrons. The maximum Gasteiger partial charge on any atom is 0.339 e. The summed E-state index contributed by atoms with van der Waals surface area (Å²) in [4.78, 5) is 84.5. The van der Waals surface area contributed by atoms with Crippen LogP contribution in [-0.2, 0) is 40.8 Å². The number of amides is 4. The quantitative estimate of drug-likeness (QED) is 0.0349. The summed E-state index contributed by atoms with van der Waals surface area (Å²) in [6.07, 6.45) is 1.93. The molecule has 2 saturated heterocycles. The number of anilines is 3. The Balaban J connectivity index is 0.739. The lowest BCUT2D eigenvalue weighted by molar-refractivity contribution is -0.144. The van der Waals surface area contributed by atoms with Gasteiger partial charge in [0.25, 0.3) is 5.89 Å². The highest BCUT2D eigenvalue weighted by Crippen LogP contribution is 2.39. The van der Waals surface area contributed by atoms with Crippen LogP contribution < -0.4 is 21.3 Å². The molecule has 0 aliphatic carbocycles. The van der Waals surface area contributed by atoms with Gasteiger partial charge in [0, 0.05) is 62.4 Å². The summed E-state index contributed by atoms with van der Waals surface area (Å²) in [6, 6.07) is 20.1. The van der Waals surface area contributed by atoms with E-state index in [2.05, 4.69) is 41.4 Å². The number of carbonyl (C=O) groups excluding carboxylic acids is 5. The van der Waals surface area contributed by atoms with E-state index in [4.69, 9.17) is 18.9 Å². The Kier molecular flexibility index (Phi) is 17.1. The second kappa shape index (κ2) is 24.1. The molecule has 9 rings (SSSR count). The number of carbonyl (C=O) groups is 5. The van der Waals surface area contributed by atoms with E-state index in [1.807, 2.05) is 102 Å². The third-order valence-corrected chi connectivity index (χ3v) is 15.5. The first-order valence-corrected chi connectivity index (χ1v) is 27.4. The fraction of sp³-hybridized carbons (Fsp3) is 0.439. The molecule has 2 fully saturated rings. The smallest absolute Gasteiger partial charge is 0.339 e. The average Bonchev–Trinajstić information content (AvgIpc) is 4.46. The number of aromatic nitrogens is 5. The molecule has 21 nitrogen and oxygen atoms in total. The summed E-state index contributed by atoms with van der Waals surface area (Å²) in [5.74, 6) is -0.727. The van der Waals surface area contributed by atoms with E-state index in [1.54, 1.807) is 40.1 Å². The normalized spacial score (nSPS) is 17.9. The summed E-state index contributed by atoms with van der Waals surface area (Å²) < 4.78 is 17.6. The van der Waals surface area contributed by atoms with Crippen molar-refractivity contribution in [3.63, 3.8) is 0 Å². The fourth-order valence-corrected chi connectivity index (χ4v) is 10.9. The van der Waals surface area contributed by atoms with Crippen LogP contribution in [0.25, 0.3) is 21.9 Å². The van der Waals surface area contributed by atoms with Crippen molar-refractivity contribution >= 4 is 58.4 Å². The van der Waals surface area contributed by atoms with Crippen molar-refractivity contribution in [2.24, 2.45) is 5.41 Å². The molecule has 0 saturated carbocycles. The monoisotopic (exact) mass is 1100 g/mol. The molecule has 4 amide bonds. The van der Waals surface area contributed by atoms with Crippen molar-refractivity contribution < 1.29 is 48.1 Å². The number of nitrogens with one attached hydrogen (secondary N) is 4. The van der Waals surface area contributed by atoms with Crippen LogP contribution in [0, 0.1) is 12.3 Å². The van der Waals surface area contributed by atoms with Crippen molar-refractivity contribution in [1.29, 1.82) is 0 Å². The highest BCUT2D eigenvalue weighted by molar-refractivity contribution is 7.13. The van der Waals surface area contributed by atoms with Gasteiger partial charge in [-0.05, 0) is 73.9 Å². The largest absolute Gasteiger partial charge is 0.451 e. The number of ether oxygens (including phenoxy) is 2. The van der Waals surface area contributed by atoms with E-state index in [1.165, 1.54) is 4.90 Å². The molecule has 0 bridgehead atoms. The van der Waals surface area contributed by atoms with Gasteiger partial charge in [0.2, 0.25) is 35.5 Å². The van der Waals surface area contributed by atoms with E-state index >= 15 is 0 Å². The van der Waals surface area contributed by atoms with Gasteiger partial charge in [-0.15, -0.1) is 21.5 Å². The Morgan fingerprint density at radius 3 is 2.41 bits per heavy atom. The minimum Gasteiger partial charge on any atom is -0.451 e. The fourth-order valence-electron chi connectivity index (χ4n) is 10.0. The van der Waals surface area contributed by atoms with E-state index in [9.17, 15) is 34.2 Å². The van der Waals surface area contributed by atoms with Crippen LogP contribution in [0.2, 0.25) is 0 Å². The summed E-state index contributed by atoms with van der Waals surface area (Å²) in [6.45, 7) is 12.1. The molecule has 0 unspecified atom stereocenters. The second-order valence-corrected chi connectivity index (χ2v) is 22.5.